The third kappa shape index (κ3) is 7.16. The second-order valence-corrected chi connectivity index (χ2v) is 5.96. The average Bonchev–Trinajstić information content (AvgIpc) is 2.40. The molecule has 0 spiro atoms. The highest BCUT2D eigenvalue weighted by molar-refractivity contribution is 5.78. The van der Waals surface area contributed by atoms with Gasteiger partial charge >= 0.3 is 6.09 Å². The zero-order valence-corrected chi connectivity index (χ0v) is 13.4. The molecule has 0 fully saturated rings. The third-order valence-corrected chi connectivity index (χ3v) is 3.67. The third-order valence-electron chi connectivity index (χ3n) is 3.67. The zero-order chi connectivity index (χ0) is 15.7. The fraction of sp³-hybridized carbons (Fsp3) is 0.750. The standard InChI is InChI=1S/C16H28N2O3/c1-12(2)10-11-18-15(19)13-6-4-8-14(9-5-7-13)21-16(20)17-3/h4,8,12-14H,5-7,9-11H2,1-3H3,(H,17,20)(H,18,19). The molecule has 120 valence electrons. The normalized spacial score (nSPS) is 22.3. The van der Waals surface area contributed by atoms with Crippen LogP contribution < -0.4 is 10.6 Å². The van der Waals surface area contributed by atoms with E-state index < -0.39 is 6.09 Å². The van der Waals surface area contributed by atoms with Crippen LogP contribution >= 0.6 is 0 Å². The average molecular weight is 296 g/mol. The van der Waals surface area contributed by atoms with Gasteiger partial charge in [-0.15, -0.1) is 0 Å². The highest BCUT2D eigenvalue weighted by Gasteiger charge is 2.20. The summed E-state index contributed by atoms with van der Waals surface area (Å²) in [5.41, 5.74) is 0. The number of carbonyl (C=O) groups excluding carboxylic acids is 2. The Balaban J connectivity index is 2.39. The molecular weight excluding hydrogens is 268 g/mol. The Hall–Kier alpha value is -1.52. The van der Waals surface area contributed by atoms with Gasteiger partial charge in [-0.05, 0) is 44.1 Å². The highest BCUT2D eigenvalue weighted by atomic mass is 16.6. The molecule has 2 N–H and O–H groups in total. The van der Waals surface area contributed by atoms with Crippen molar-refractivity contribution >= 4 is 12.0 Å². The number of hydrogen-bond acceptors (Lipinski definition) is 3. The van der Waals surface area contributed by atoms with Crippen molar-refractivity contribution in [3.63, 3.8) is 0 Å². The fourth-order valence-corrected chi connectivity index (χ4v) is 2.34. The Bertz CT molecular complexity index is 367. The van der Waals surface area contributed by atoms with Gasteiger partial charge in [0, 0.05) is 19.5 Å². The fourth-order valence-electron chi connectivity index (χ4n) is 2.34. The number of rotatable bonds is 5. The van der Waals surface area contributed by atoms with Crippen LogP contribution in [0, 0.1) is 11.8 Å². The van der Waals surface area contributed by atoms with Crippen molar-refractivity contribution < 1.29 is 14.3 Å². The minimum atomic E-state index is -0.409. The molecule has 5 heteroatoms. The van der Waals surface area contributed by atoms with Gasteiger partial charge < -0.3 is 15.4 Å². The van der Waals surface area contributed by atoms with E-state index in [1.54, 1.807) is 7.05 Å². The van der Waals surface area contributed by atoms with Crippen LogP contribution in [0.4, 0.5) is 4.79 Å². The second-order valence-electron chi connectivity index (χ2n) is 5.96. The van der Waals surface area contributed by atoms with Crippen molar-refractivity contribution in [1.29, 1.82) is 0 Å². The van der Waals surface area contributed by atoms with Gasteiger partial charge in [-0.25, -0.2) is 4.79 Å². The topological polar surface area (TPSA) is 67.4 Å². The van der Waals surface area contributed by atoms with Crippen LogP contribution in [-0.4, -0.2) is 31.7 Å². The molecule has 1 aliphatic carbocycles. The van der Waals surface area contributed by atoms with Gasteiger partial charge in [0.05, 0.1) is 0 Å². The van der Waals surface area contributed by atoms with Crippen LogP contribution in [0.2, 0.25) is 0 Å². The first kappa shape index (κ1) is 17.5. The van der Waals surface area contributed by atoms with E-state index in [2.05, 4.69) is 24.5 Å². The lowest BCUT2D eigenvalue weighted by atomic mass is 9.93. The van der Waals surface area contributed by atoms with E-state index in [-0.39, 0.29) is 17.9 Å². The van der Waals surface area contributed by atoms with Gasteiger partial charge in [0.15, 0.2) is 0 Å². The van der Waals surface area contributed by atoms with Crippen molar-refractivity contribution in [3.05, 3.63) is 12.2 Å². The molecule has 21 heavy (non-hydrogen) atoms. The first-order valence-electron chi connectivity index (χ1n) is 7.85. The molecule has 0 aromatic carbocycles. The van der Waals surface area contributed by atoms with Crippen LogP contribution in [-0.2, 0) is 9.53 Å². The summed E-state index contributed by atoms with van der Waals surface area (Å²) in [7, 11) is 1.55. The zero-order valence-electron chi connectivity index (χ0n) is 13.4. The quantitative estimate of drug-likeness (QED) is 0.766. The summed E-state index contributed by atoms with van der Waals surface area (Å²) in [6.45, 7) is 5.05. The Morgan fingerprint density at radius 1 is 1.33 bits per heavy atom. The number of carbonyl (C=O) groups is 2. The molecule has 0 saturated carbocycles. The Kier molecular flexibility index (Phi) is 7.87. The number of amides is 2. The predicted octanol–water partition coefficient (Wildman–Crippen LogP) is 2.62. The van der Waals surface area contributed by atoms with E-state index in [1.165, 1.54) is 0 Å². The summed E-state index contributed by atoms with van der Waals surface area (Å²) in [4.78, 5) is 23.3. The number of hydrogen-bond donors (Lipinski definition) is 2. The summed E-state index contributed by atoms with van der Waals surface area (Å²) >= 11 is 0. The van der Waals surface area contributed by atoms with Crippen molar-refractivity contribution in [2.45, 2.75) is 52.1 Å². The molecule has 1 aliphatic rings. The van der Waals surface area contributed by atoms with Crippen LogP contribution in [0.1, 0.15) is 46.0 Å². The summed E-state index contributed by atoms with van der Waals surface area (Å²) < 4.78 is 5.23. The van der Waals surface area contributed by atoms with E-state index in [9.17, 15) is 9.59 Å². The van der Waals surface area contributed by atoms with Crippen molar-refractivity contribution in [2.75, 3.05) is 13.6 Å². The monoisotopic (exact) mass is 296 g/mol. The maximum Gasteiger partial charge on any atom is 0.407 e. The molecular formula is C16H28N2O3. The van der Waals surface area contributed by atoms with E-state index in [1.807, 2.05) is 12.2 Å². The molecule has 0 aromatic rings. The van der Waals surface area contributed by atoms with E-state index in [0.29, 0.717) is 12.3 Å². The maximum atomic E-state index is 12.1. The van der Waals surface area contributed by atoms with E-state index in [0.717, 1.165) is 32.2 Å². The molecule has 0 radical (unpaired) electrons. The Labute approximate surface area is 127 Å². The number of ether oxygens (including phenoxy) is 1. The van der Waals surface area contributed by atoms with E-state index >= 15 is 0 Å². The lowest BCUT2D eigenvalue weighted by Gasteiger charge is -2.20. The second kappa shape index (κ2) is 9.42. The summed E-state index contributed by atoms with van der Waals surface area (Å²) in [5.74, 6) is 0.783. The SMILES string of the molecule is CNC(=O)OC1C=CCC(C(=O)NCCC(C)C)CCC1. The molecule has 0 saturated heterocycles. The minimum absolute atomic E-state index is 0.0364. The summed E-state index contributed by atoms with van der Waals surface area (Å²) in [6, 6.07) is 0. The van der Waals surface area contributed by atoms with Gasteiger partial charge in [0.2, 0.25) is 5.91 Å². The molecule has 0 bridgehead atoms. The number of allylic oxidation sites excluding steroid dienone is 1. The minimum Gasteiger partial charge on any atom is -0.442 e. The highest BCUT2D eigenvalue weighted by Crippen LogP contribution is 2.20. The van der Waals surface area contributed by atoms with Crippen molar-refractivity contribution in [3.8, 4) is 0 Å². The Morgan fingerprint density at radius 2 is 2.10 bits per heavy atom. The van der Waals surface area contributed by atoms with Gasteiger partial charge in [-0.3, -0.25) is 4.79 Å². The smallest absolute Gasteiger partial charge is 0.407 e. The predicted molar refractivity (Wildman–Crippen MR) is 82.9 cm³/mol. The van der Waals surface area contributed by atoms with E-state index in [4.69, 9.17) is 4.74 Å². The lowest BCUT2D eigenvalue weighted by molar-refractivity contribution is -0.125. The molecule has 0 heterocycles. The van der Waals surface area contributed by atoms with Crippen LogP contribution in [0.25, 0.3) is 0 Å². The summed E-state index contributed by atoms with van der Waals surface area (Å²) in [6.07, 6.45) is 7.46. The Morgan fingerprint density at radius 3 is 2.76 bits per heavy atom. The van der Waals surface area contributed by atoms with Crippen molar-refractivity contribution in [2.24, 2.45) is 11.8 Å². The molecule has 2 atom stereocenters. The lowest BCUT2D eigenvalue weighted by Crippen LogP contribution is -2.32. The van der Waals surface area contributed by atoms with Gasteiger partial charge in [-0.2, -0.15) is 0 Å². The molecule has 0 aromatic heterocycles. The molecule has 1 rings (SSSR count). The van der Waals surface area contributed by atoms with Gasteiger partial charge in [-0.1, -0.05) is 19.9 Å². The first-order chi connectivity index (χ1) is 10.0. The van der Waals surface area contributed by atoms with Crippen molar-refractivity contribution in [1.82, 2.24) is 10.6 Å². The molecule has 2 amide bonds. The first-order valence-corrected chi connectivity index (χ1v) is 7.85. The summed E-state index contributed by atoms with van der Waals surface area (Å²) in [5, 5.41) is 5.46. The van der Waals surface area contributed by atoms with Gasteiger partial charge in [0.1, 0.15) is 6.10 Å². The number of alkyl carbamates (subject to hydrolysis) is 1. The largest absolute Gasteiger partial charge is 0.442 e. The molecule has 5 nitrogen and oxygen atoms in total. The maximum absolute atomic E-state index is 12.1. The molecule has 2 unspecified atom stereocenters. The van der Waals surface area contributed by atoms with Gasteiger partial charge in [0.25, 0.3) is 0 Å². The van der Waals surface area contributed by atoms with Crippen LogP contribution in [0.15, 0.2) is 12.2 Å². The van der Waals surface area contributed by atoms with Crippen LogP contribution in [0.5, 0.6) is 0 Å². The number of nitrogens with one attached hydrogen (secondary N) is 2. The molecule has 0 aliphatic heterocycles. The van der Waals surface area contributed by atoms with Crippen LogP contribution in [0.3, 0.4) is 0 Å².